The first-order valence-electron chi connectivity index (χ1n) is 9.80. The predicted molar refractivity (Wildman–Crippen MR) is 105 cm³/mol. The monoisotopic (exact) mass is 365 g/mol. The molecule has 0 aliphatic heterocycles. The molecule has 4 rings (SSSR count). The SMILES string of the molecule is COc1ccc(OC)c(CN(C(=O)[C@H]2CCCc3ccccc32)C2CC2)c1. The van der Waals surface area contributed by atoms with E-state index < -0.39 is 0 Å². The number of nitrogens with zero attached hydrogens (tertiary/aromatic N) is 1. The molecule has 1 amide bonds. The summed E-state index contributed by atoms with van der Waals surface area (Å²) in [6.07, 6.45) is 5.27. The van der Waals surface area contributed by atoms with Crippen molar-refractivity contribution in [1.29, 1.82) is 0 Å². The number of hydrogen-bond donors (Lipinski definition) is 0. The summed E-state index contributed by atoms with van der Waals surface area (Å²) in [6, 6.07) is 14.6. The van der Waals surface area contributed by atoms with Crippen molar-refractivity contribution < 1.29 is 14.3 Å². The third kappa shape index (κ3) is 3.66. The zero-order valence-corrected chi connectivity index (χ0v) is 16.1. The van der Waals surface area contributed by atoms with Crippen LogP contribution < -0.4 is 9.47 Å². The second-order valence-electron chi connectivity index (χ2n) is 7.52. The number of amides is 1. The van der Waals surface area contributed by atoms with Gasteiger partial charge in [-0.1, -0.05) is 24.3 Å². The summed E-state index contributed by atoms with van der Waals surface area (Å²) in [5.41, 5.74) is 3.55. The fourth-order valence-corrected chi connectivity index (χ4v) is 4.17. The topological polar surface area (TPSA) is 38.8 Å². The molecular weight excluding hydrogens is 338 g/mol. The summed E-state index contributed by atoms with van der Waals surface area (Å²) in [5, 5.41) is 0. The van der Waals surface area contributed by atoms with Crippen LogP contribution in [0.15, 0.2) is 42.5 Å². The maximum absolute atomic E-state index is 13.6. The molecule has 1 atom stereocenters. The van der Waals surface area contributed by atoms with E-state index in [1.54, 1.807) is 14.2 Å². The van der Waals surface area contributed by atoms with Gasteiger partial charge in [-0.25, -0.2) is 0 Å². The zero-order chi connectivity index (χ0) is 18.8. The Morgan fingerprint density at radius 3 is 2.63 bits per heavy atom. The molecule has 0 unspecified atom stereocenters. The van der Waals surface area contributed by atoms with Gasteiger partial charge in [-0.15, -0.1) is 0 Å². The standard InChI is InChI=1S/C23H27NO3/c1-26-19-12-13-22(27-2)17(14-19)15-24(18-10-11-18)23(25)21-9-5-7-16-6-3-4-8-20(16)21/h3-4,6,8,12-14,18,21H,5,7,9-11,15H2,1-2H3/t21-/m0/s1. The highest BCUT2D eigenvalue weighted by atomic mass is 16.5. The molecule has 0 aromatic heterocycles. The largest absolute Gasteiger partial charge is 0.497 e. The molecule has 1 saturated carbocycles. The van der Waals surface area contributed by atoms with E-state index in [0.717, 1.165) is 49.2 Å². The number of hydrogen-bond acceptors (Lipinski definition) is 3. The van der Waals surface area contributed by atoms with Gasteiger partial charge in [-0.3, -0.25) is 4.79 Å². The smallest absolute Gasteiger partial charge is 0.230 e. The molecule has 0 heterocycles. The van der Waals surface area contributed by atoms with E-state index in [1.807, 2.05) is 18.2 Å². The van der Waals surface area contributed by atoms with Crippen molar-refractivity contribution >= 4 is 5.91 Å². The predicted octanol–water partition coefficient (Wildman–Crippen LogP) is 4.31. The van der Waals surface area contributed by atoms with Gasteiger partial charge in [0.1, 0.15) is 11.5 Å². The molecule has 142 valence electrons. The van der Waals surface area contributed by atoms with Crippen molar-refractivity contribution in [3.63, 3.8) is 0 Å². The lowest BCUT2D eigenvalue weighted by Gasteiger charge is -2.31. The first kappa shape index (κ1) is 17.9. The van der Waals surface area contributed by atoms with Crippen molar-refractivity contribution in [1.82, 2.24) is 4.90 Å². The summed E-state index contributed by atoms with van der Waals surface area (Å²) in [7, 11) is 3.33. The van der Waals surface area contributed by atoms with Gasteiger partial charge in [-0.2, -0.15) is 0 Å². The van der Waals surface area contributed by atoms with Gasteiger partial charge < -0.3 is 14.4 Å². The average Bonchev–Trinajstić information content (AvgIpc) is 3.56. The van der Waals surface area contributed by atoms with Crippen molar-refractivity contribution in [3.05, 3.63) is 59.2 Å². The Morgan fingerprint density at radius 2 is 1.89 bits per heavy atom. The Morgan fingerprint density at radius 1 is 1.07 bits per heavy atom. The Hall–Kier alpha value is -2.49. The van der Waals surface area contributed by atoms with Gasteiger partial charge in [-0.05, 0) is 61.4 Å². The van der Waals surface area contributed by atoms with Crippen LogP contribution in [-0.2, 0) is 17.8 Å². The molecule has 27 heavy (non-hydrogen) atoms. The molecule has 0 N–H and O–H groups in total. The molecule has 0 spiro atoms. The molecule has 2 aromatic carbocycles. The van der Waals surface area contributed by atoms with Gasteiger partial charge in [0.2, 0.25) is 5.91 Å². The van der Waals surface area contributed by atoms with Crippen LogP contribution in [0.2, 0.25) is 0 Å². The fraction of sp³-hybridized carbons (Fsp3) is 0.435. The van der Waals surface area contributed by atoms with E-state index in [4.69, 9.17) is 9.47 Å². The van der Waals surface area contributed by atoms with Crippen molar-refractivity contribution in [2.75, 3.05) is 14.2 Å². The quantitative estimate of drug-likeness (QED) is 0.765. The van der Waals surface area contributed by atoms with Crippen LogP contribution in [0.3, 0.4) is 0 Å². The number of rotatable bonds is 6. The van der Waals surface area contributed by atoms with Crippen LogP contribution in [-0.4, -0.2) is 31.1 Å². The minimum atomic E-state index is -0.0212. The van der Waals surface area contributed by atoms with E-state index in [9.17, 15) is 4.79 Å². The minimum absolute atomic E-state index is 0.0212. The highest BCUT2D eigenvalue weighted by Crippen LogP contribution is 2.38. The van der Waals surface area contributed by atoms with Gasteiger partial charge >= 0.3 is 0 Å². The maximum Gasteiger partial charge on any atom is 0.230 e. The summed E-state index contributed by atoms with van der Waals surface area (Å²) in [6.45, 7) is 0.572. The fourth-order valence-electron chi connectivity index (χ4n) is 4.17. The van der Waals surface area contributed by atoms with Crippen LogP contribution in [0.5, 0.6) is 11.5 Å². The summed E-state index contributed by atoms with van der Waals surface area (Å²) in [5.74, 6) is 1.83. The van der Waals surface area contributed by atoms with E-state index >= 15 is 0 Å². The molecule has 2 aromatic rings. The van der Waals surface area contributed by atoms with E-state index in [1.165, 1.54) is 11.1 Å². The Balaban J connectivity index is 1.62. The third-order valence-electron chi connectivity index (χ3n) is 5.77. The highest BCUT2D eigenvalue weighted by molar-refractivity contribution is 5.85. The molecule has 2 aliphatic rings. The van der Waals surface area contributed by atoms with Crippen LogP contribution in [0.25, 0.3) is 0 Å². The van der Waals surface area contributed by atoms with Gasteiger partial charge in [0.15, 0.2) is 0 Å². The number of benzene rings is 2. The van der Waals surface area contributed by atoms with Crippen LogP contribution in [0.1, 0.15) is 48.3 Å². The second-order valence-corrected chi connectivity index (χ2v) is 7.52. The second kappa shape index (κ2) is 7.63. The Labute approximate surface area is 161 Å². The van der Waals surface area contributed by atoms with Gasteiger partial charge in [0.25, 0.3) is 0 Å². The number of methoxy groups -OCH3 is 2. The molecule has 0 saturated heterocycles. The number of aryl methyl sites for hydroxylation is 1. The first-order chi connectivity index (χ1) is 13.2. The maximum atomic E-state index is 13.6. The lowest BCUT2D eigenvalue weighted by Crippen LogP contribution is -2.37. The molecule has 0 radical (unpaired) electrons. The number of ether oxygens (including phenoxy) is 2. The Bertz CT molecular complexity index is 828. The minimum Gasteiger partial charge on any atom is -0.497 e. The normalized spacial score (nSPS) is 18.5. The zero-order valence-electron chi connectivity index (χ0n) is 16.1. The number of carbonyl (C=O) groups is 1. The summed E-state index contributed by atoms with van der Waals surface area (Å²) >= 11 is 0. The highest BCUT2D eigenvalue weighted by Gasteiger charge is 2.38. The van der Waals surface area contributed by atoms with Crippen molar-refractivity contribution in [2.45, 2.75) is 50.6 Å². The molecule has 2 aliphatic carbocycles. The number of fused-ring (bicyclic) bond motifs is 1. The van der Waals surface area contributed by atoms with E-state index in [-0.39, 0.29) is 11.8 Å². The molecule has 0 bridgehead atoms. The molecule has 4 nitrogen and oxygen atoms in total. The molecule has 4 heteroatoms. The van der Waals surface area contributed by atoms with Crippen LogP contribution in [0.4, 0.5) is 0 Å². The van der Waals surface area contributed by atoms with E-state index in [2.05, 4.69) is 29.2 Å². The van der Waals surface area contributed by atoms with Crippen molar-refractivity contribution in [2.24, 2.45) is 0 Å². The van der Waals surface area contributed by atoms with Crippen LogP contribution in [0, 0.1) is 0 Å². The third-order valence-corrected chi connectivity index (χ3v) is 5.77. The van der Waals surface area contributed by atoms with E-state index in [0.29, 0.717) is 12.6 Å². The van der Waals surface area contributed by atoms with Gasteiger partial charge in [0, 0.05) is 18.2 Å². The molecule has 1 fully saturated rings. The lowest BCUT2D eigenvalue weighted by atomic mass is 9.82. The average molecular weight is 365 g/mol. The van der Waals surface area contributed by atoms with Crippen LogP contribution >= 0.6 is 0 Å². The van der Waals surface area contributed by atoms with Gasteiger partial charge in [0.05, 0.1) is 20.1 Å². The number of carbonyl (C=O) groups excluding carboxylic acids is 1. The van der Waals surface area contributed by atoms with Crippen molar-refractivity contribution in [3.8, 4) is 11.5 Å². The lowest BCUT2D eigenvalue weighted by molar-refractivity contribution is -0.134. The first-order valence-corrected chi connectivity index (χ1v) is 9.80. The molecular formula is C23H27NO3. The summed E-state index contributed by atoms with van der Waals surface area (Å²) in [4.78, 5) is 15.6. The summed E-state index contributed by atoms with van der Waals surface area (Å²) < 4.78 is 10.9. The Kier molecular flexibility index (Phi) is 5.06.